The minimum atomic E-state index is -0.508. The maximum absolute atomic E-state index is 13.2. The molecular weight excluding hydrogens is 492 g/mol. The Morgan fingerprint density at radius 1 is 0.892 bits per heavy atom. The number of benzene rings is 3. The summed E-state index contributed by atoms with van der Waals surface area (Å²) in [5.41, 5.74) is 1.61. The van der Waals surface area contributed by atoms with Crippen LogP contribution in [0.15, 0.2) is 83.4 Å². The summed E-state index contributed by atoms with van der Waals surface area (Å²) in [5.74, 6) is 0.00728. The van der Waals surface area contributed by atoms with E-state index >= 15 is 0 Å². The van der Waals surface area contributed by atoms with Crippen LogP contribution in [0.4, 0.5) is 5.69 Å². The maximum atomic E-state index is 13.2. The molecule has 37 heavy (non-hydrogen) atoms. The molecule has 192 valence electrons. The third-order valence-electron chi connectivity index (χ3n) is 5.02. The van der Waals surface area contributed by atoms with Crippen molar-refractivity contribution in [3.8, 4) is 11.5 Å². The Bertz CT molecular complexity index is 1260. The molecule has 3 aromatic rings. The van der Waals surface area contributed by atoms with Crippen LogP contribution >= 0.6 is 11.8 Å². The Morgan fingerprint density at radius 3 is 2.24 bits per heavy atom. The van der Waals surface area contributed by atoms with Crippen LogP contribution in [0, 0.1) is 0 Å². The van der Waals surface area contributed by atoms with Gasteiger partial charge in [0.05, 0.1) is 26.6 Å². The van der Waals surface area contributed by atoms with Crippen LogP contribution in [0.5, 0.6) is 11.5 Å². The number of carbonyl (C=O) groups excluding carboxylic acids is 3. The quantitative estimate of drug-likeness (QED) is 0.213. The van der Waals surface area contributed by atoms with E-state index in [2.05, 4.69) is 10.6 Å². The highest BCUT2D eigenvalue weighted by atomic mass is 32.2. The maximum Gasteiger partial charge on any atom is 0.316 e. The zero-order valence-electron chi connectivity index (χ0n) is 20.8. The van der Waals surface area contributed by atoms with Crippen LogP contribution < -0.4 is 20.1 Å². The summed E-state index contributed by atoms with van der Waals surface area (Å²) in [6.45, 7) is 2.10. The lowest BCUT2D eigenvalue weighted by molar-refractivity contribution is -0.139. The average Bonchev–Trinajstić information content (AvgIpc) is 2.92. The van der Waals surface area contributed by atoms with Gasteiger partial charge in [-0.25, -0.2) is 0 Å². The lowest BCUT2D eigenvalue weighted by Gasteiger charge is -2.13. The topological polar surface area (TPSA) is 103 Å². The van der Waals surface area contributed by atoms with E-state index < -0.39 is 11.8 Å². The molecule has 0 aromatic heterocycles. The second-order valence-corrected chi connectivity index (χ2v) is 8.61. The van der Waals surface area contributed by atoms with Gasteiger partial charge in [-0.3, -0.25) is 14.4 Å². The smallest absolute Gasteiger partial charge is 0.316 e. The van der Waals surface area contributed by atoms with Gasteiger partial charge in [0.25, 0.3) is 11.8 Å². The number of amides is 2. The Kier molecular flexibility index (Phi) is 10.2. The molecule has 8 nitrogen and oxygen atoms in total. The molecule has 0 unspecified atom stereocenters. The number of ether oxygens (including phenoxy) is 3. The molecule has 0 bridgehead atoms. The van der Waals surface area contributed by atoms with Crippen LogP contribution in [0.3, 0.4) is 0 Å². The van der Waals surface area contributed by atoms with Gasteiger partial charge in [-0.15, -0.1) is 11.8 Å². The molecule has 0 fully saturated rings. The number of methoxy groups -OCH3 is 2. The number of rotatable bonds is 11. The van der Waals surface area contributed by atoms with Gasteiger partial charge < -0.3 is 24.8 Å². The number of nitrogens with one attached hydrogen (secondary N) is 2. The zero-order valence-corrected chi connectivity index (χ0v) is 21.6. The molecule has 0 aliphatic carbocycles. The highest BCUT2D eigenvalue weighted by Crippen LogP contribution is 2.28. The first-order chi connectivity index (χ1) is 17.9. The number of esters is 1. The van der Waals surface area contributed by atoms with Gasteiger partial charge >= 0.3 is 5.97 Å². The second-order valence-electron chi connectivity index (χ2n) is 7.56. The molecule has 2 amide bonds. The van der Waals surface area contributed by atoms with E-state index in [9.17, 15) is 14.4 Å². The fraction of sp³-hybridized carbons (Fsp3) is 0.179. The highest BCUT2D eigenvalue weighted by Gasteiger charge is 2.16. The van der Waals surface area contributed by atoms with Crippen molar-refractivity contribution in [3.05, 3.63) is 89.6 Å². The van der Waals surface area contributed by atoms with Crippen molar-refractivity contribution in [1.82, 2.24) is 5.32 Å². The summed E-state index contributed by atoms with van der Waals surface area (Å²) >= 11 is 1.34. The van der Waals surface area contributed by atoms with E-state index in [0.29, 0.717) is 34.9 Å². The van der Waals surface area contributed by atoms with Crippen LogP contribution in [0.1, 0.15) is 22.8 Å². The molecule has 0 aliphatic rings. The summed E-state index contributed by atoms with van der Waals surface area (Å²) in [4.78, 5) is 38.5. The van der Waals surface area contributed by atoms with Crippen LogP contribution in [0.25, 0.3) is 6.08 Å². The van der Waals surface area contributed by atoms with Crippen molar-refractivity contribution in [2.45, 2.75) is 11.8 Å². The van der Waals surface area contributed by atoms with E-state index in [1.165, 1.54) is 26.0 Å². The van der Waals surface area contributed by atoms with Crippen LogP contribution in [-0.4, -0.2) is 44.4 Å². The van der Waals surface area contributed by atoms with Gasteiger partial charge in [-0.05, 0) is 67.1 Å². The number of hydrogen-bond donors (Lipinski definition) is 2. The lowest BCUT2D eigenvalue weighted by Crippen LogP contribution is -2.30. The van der Waals surface area contributed by atoms with Gasteiger partial charge in [0, 0.05) is 16.1 Å². The SMILES string of the molecule is CCOC(=O)CSc1ccc(NC(=O)/C(=C/c2ccc(OC)c(OC)c2)NC(=O)c2ccccc2)cc1. The highest BCUT2D eigenvalue weighted by molar-refractivity contribution is 8.00. The van der Waals surface area contributed by atoms with Gasteiger partial charge in [0.15, 0.2) is 11.5 Å². The molecule has 9 heteroatoms. The number of hydrogen-bond acceptors (Lipinski definition) is 7. The number of anilines is 1. The summed E-state index contributed by atoms with van der Waals surface area (Å²) in [6.07, 6.45) is 1.56. The largest absolute Gasteiger partial charge is 0.493 e. The normalized spacial score (nSPS) is 10.8. The lowest BCUT2D eigenvalue weighted by atomic mass is 10.1. The third kappa shape index (κ3) is 8.15. The Morgan fingerprint density at radius 2 is 1.59 bits per heavy atom. The molecule has 0 radical (unpaired) electrons. The van der Waals surface area contributed by atoms with Crippen molar-refractivity contribution in [3.63, 3.8) is 0 Å². The number of carbonyl (C=O) groups is 3. The van der Waals surface area contributed by atoms with E-state index in [1.54, 1.807) is 85.8 Å². The summed E-state index contributed by atoms with van der Waals surface area (Å²) in [6, 6.07) is 20.8. The Hall–Kier alpha value is -4.24. The standard InChI is InChI=1S/C28H28N2O6S/c1-4-36-26(31)18-37-22-13-11-21(12-14-22)29-28(33)23(30-27(32)20-8-6-5-7-9-20)16-19-10-15-24(34-2)25(17-19)35-3/h5-17H,4,18H2,1-3H3,(H,29,33)(H,30,32)/b23-16-. The summed E-state index contributed by atoms with van der Waals surface area (Å²) < 4.78 is 15.6. The molecule has 2 N–H and O–H groups in total. The molecule has 0 heterocycles. The van der Waals surface area contributed by atoms with Crippen molar-refractivity contribution >= 4 is 41.3 Å². The fourth-order valence-corrected chi connectivity index (χ4v) is 3.93. The molecule has 0 spiro atoms. The van der Waals surface area contributed by atoms with Crippen molar-refractivity contribution < 1.29 is 28.6 Å². The molecule has 0 aliphatic heterocycles. The monoisotopic (exact) mass is 520 g/mol. The van der Waals surface area contributed by atoms with Crippen LogP contribution in [-0.2, 0) is 14.3 Å². The summed E-state index contributed by atoms with van der Waals surface area (Å²) in [7, 11) is 3.05. The van der Waals surface area contributed by atoms with Gasteiger partial charge in [-0.2, -0.15) is 0 Å². The predicted molar refractivity (Wildman–Crippen MR) is 144 cm³/mol. The zero-order chi connectivity index (χ0) is 26.6. The first-order valence-electron chi connectivity index (χ1n) is 11.4. The van der Waals surface area contributed by atoms with E-state index in [0.717, 1.165) is 4.90 Å². The molecule has 3 aromatic carbocycles. The van der Waals surface area contributed by atoms with Gasteiger partial charge in [-0.1, -0.05) is 24.3 Å². The predicted octanol–water partition coefficient (Wildman–Crippen LogP) is 4.77. The minimum Gasteiger partial charge on any atom is -0.493 e. The fourth-order valence-electron chi connectivity index (χ4n) is 3.23. The average molecular weight is 521 g/mol. The summed E-state index contributed by atoms with van der Waals surface area (Å²) in [5, 5.41) is 5.51. The van der Waals surface area contributed by atoms with Crippen molar-refractivity contribution in [1.29, 1.82) is 0 Å². The third-order valence-corrected chi connectivity index (χ3v) is 6.01. The minimum absolute atomic E-state index is 0.0434. The number of thioether (sulfide) groups is 1. The van der Waals surface area contributed by atoms with E-state index in [1.807, 2.05) is 0 Å². The first-order valence-corrected chi connectivity index (χ1v) is 12.4. The van der Waals surface area contributed by atoms with Crippen molar-refractivity contribution in [2.75, 3.05) is 31.9 Å². The van der Waals surface area contributed by atoms with Crippen molar-refractivity contribution in [2.24, 2.45) is 0 Å². The van der Waals surface area contributed by atoms with E-state index in [4.69, 9.17) is 14.2 Å². The van der Waals surface area contributed by atoms with Crippen LogP contribution in [0.2, 0.25) is 0 Å². The van der Waals surface area contributed by atoms with E-state index in [-0.39, 0.29) is 17.4 Å². The molecule has 0 atom stereocenters. The Labute approximate surface area is 220 Å². The molecule has 3 rings (SSSR count). The van der Waals surface area contributed by atoms with Gasteiger partial charge in [0.1, 0.15) is 5.70 Å². The van der Waals surface area contributed by atoms with Gasteiger partial charge in [0.2, 0.25) is 0 Å². The first kappa shape index (κ1) is 27.3. The second kappa shape index (κ2) is 13.7. The Balaban J connectivity index is 1.80. The molecule has 0 saturated heterocycles. The molecular formula is C28H28N2O6S. The molecule has 0 saturated carbocycles.